The van der Waals surface area contributed by atoms with Crippen LogP contribution in [-0.4, -0.2) is 14.3 Å². The fraction of sp³-hybridized carbons (Fsp3) is 0.278. The summed E-state index contributed by atoms with van der Waals surface area (Å²) in [7, 11) is -3.63. The molecule has 0 aliphatic carbocycles. The zero-order chi connectivity index (χ0) is 17.9. The summed E-state index contributed by atoms with van der Waals surface area (Å²) in [6.45, 7) is 7.35. The minimum atomic E-state index is -3.63. The number of nitrogens with one attached hydrogen (secondary N) is 2. The molecule has 2 N–H and O–H groups in total. The Morgan fingerprint density at radius 3 is 2.17 bits per heavy atom. The maximum atomic E-state index is 12.4. The lowest BCUT2D eigenvalue weighted by atomic mass is 10.1. The first kappa shape index (κ1) is 18.0. The Kier molecular flexibility index (Phi) is 5.29. The van der Waals surface area contributed by atoms with Crippen molar-refractivity contribution in [1.29, 1.82) is 0 Å². The normalized spacial score (nSPS) is 11.4. The first-order valence-electron chi connectivity index (χ1n) is 7.70. The summed E-state index contributed by atoms with van der Waals surface area (Å²) in [5.41, 5.74) is 2.91. The van der Waals surface area contributed by atoms with E-state index >= 15 is 0 Å². The van der Waals surface area contributed by atoms with Gasteiger partial charge in [0.15, 0.2) is 0 Å². The number of anilines is 2. The van der Waals surface area contributed by atoms with Crippen molar-refractivity contribution < 1.29 is 13.2 Å². The number of carbonyl (C=O) groups excluding carboxylic acids is 1. The molecule has 5 nitrogen and oxygen atoms in total. The van der Waals surface area contributed by atoms with Gasteiger partial charge >= 0.3 is 0 Å². The van der Waals surface area contributed by atoms with Crippen LogP contribution in [0.4, 0.5) is 11.4 Å². The number of sulfonamides is 1. The van der Waals surface area contributed by atoms with Gasteiger partial charge in [-0.15, -0.1) is 0 Å². The van der Waals surface area contributed by atoms with Gasteiger partial charge in [-0.3, -0.25) is 9.52 Å². The topological polar surface area (TPSA) is 75.3 Å². The highest BCUT2D eigenvalue weighted by molar-refractivity contribution is 7.92. The molecule has 0 bridgehead atoms. The molecule has 128 valence electrons. The molecule has 0 saturated heterocycles. The highest BCUT2D eigenvalue weighted by Gasteiger charge is 2.15. The van der Waals surface area contributed by atoms with Gasteiger partial charge < -0.3 is 5.32 Å². The monoisotopic (exact) mass is 346 g/mol. The Hall–Kier alpha value is -2.34. The molecule has 0 heterocycles. The van der Waals surface area contributed by atoms with Crippen LogP contribution < -0.4 is 10.0 Å². The molecule has 0 saturated carbocycles. The average molecular weight is 346 g/mol. The number of benzene rings is 2. The number of amides is 1. The van der Waals surface area contributed by atoms with E-state index < -0.39 is 10.0 Å². The highest BCUT2D eigenvalue weighted by atomic mass is 32.2. The molecule has 0 atom stereocenters. The third-order valence-corrected chi connectivity index (χ3v) is 4.99. The molecular formula is C18H22N2O3S. The Labute approximate surface area is 143 Å². The van der Waals surface area contributed by atoms with E-state index in [-0.39, 0.29) is 16.7 Å². The first-order chi connectivity index (χ1) is 11.2. The SMILES string of the molecule is Cc1ccc(S(=O)(=O)Nc2ccc(NC(=O)C(C)C)c(C)c2)cc1. The van der Waals surface area contributed by atoms with Crippen LogP contribution in [0.25, 0.3) is 0 Å². The Morgan fingerprint density at radius 2 is 1.62 bits per heavy atom. The van der Waals surface area contributed by atoms with Crippen LogP contribution in [0.5, 0.6) is 0 Å². The Morgan fingerprint density at radius 1 is 1.00 bits per heavy atom. The summed E-state index contributed by atoms with van der Waals surface area (Å²) >= 11 is 0. The second kappa shape index (κ2) is 7.05. The minimum Gasteiger partial charge on any atom is -0.326 e. The van der Waals surface area contributed by atoms with Gasteiger partial charge in [0.05, 0.1) is 4.90 Å². The largest absolute Gasteiger partial charge is 0.326 e. The van der Waals surface area contributed by atoms with E-state index in [9.17, 15) is 13.2 Å². The lowest BCUT2D eigenvalue weighted by molar-refractivity contribution is -0.118. The maximum Gasteiger partial charge on any atom is 0.261 e. The van der Waals surface area contributed by atoms with Crippen LogP contribution in [0, 0.1) is 19.8 Å². The summed E-state index contributed by atoms with van der Waals surface area (Å²) in [5.74, 6) is -0.199. The van der Waals surface area contributed by atoms with Crippen molar-refractivity contribution in [3.05, 3.63) is 53.6 Å². The molecule has 0 aliphatic rings. The van der Waals surface area contributed by atoms with Gasteiger partial charge in [0.2, 0.25) is 5.91 Å². The fourth-order valence-electron chi connectivity index (χ4n) is 2.08. The van der Waals surface area contributed by atoms with E-state index in [1.165, 1.54) is 0 Å². The van der Waals surface area contributed by atoms with Crippen molar-refractivity contribution in [2.24, 2.45) is 5.92 Å². The third kappa shape index (κ3) is 4.35. The molecule has 0 unspecified atom stereocenters. The van der Waals surface area contributed by atoms with Gasteiger partial charge in [0, 0.05) is 17.3 Å². The predicted octanol–water partition coefficient (Wildman–Crippen LogP) is 3.70. The van der Waals surface area contributed by atoms with E-state index in [1.54, 1.807) is 42.5 Å². The van der Waals surface area contributed by atoms with E-state index in [0.717, 1.165) is 11.1 Å². The van der Waals surface area contributed by atoms with E-state index in [0.29, 0.717) is 11.4 Å². The van der Waals surface area contributed by atoms with Crippen molar-refractivity contribution in [2.45, 2.75) is 32.6 Å². The minimum absolute atomic E-state index is 0.0777. The molecule has 6 heteroatoms. The molecule has 2 aromatic carbocycles. The molecule has 2 aromatic rings. The van der Waals surface area contributed by atoms with Crippen LogP contribution >= 0.6 is 0 Å². The van der Waals surface area contributed by atoms with Gasteiger partial charge in [-0.2, -0.15) is 0 Å². The number of carbonyl (C=O) groups is 1. The van der Waals surface area contributed by atoms with Crippen LogP contribution in [0.3, 0.4) is 0 Å². The Bertz CT molecular complexity index is 841. The molecule has 0 aromatic heterocycles. The number of hydrogen-bond acceptors (Lipinski definition) is 3. The van der Waals surface area contributed by atoms with Gasteiger partial charge in [0.1, 0.15) is 0 Å². The molecule has 0 fully saturated rings. The number of hydrogen-bond donors (Lipinski definition) is 2. The van der Waals surface area contributed by atoms with E-state index in [1.807, 2.05) is 27.7 Å². The van der Waals surface area contributed by atoms with Crippen LogP contribution in [0.2, 0.25) is 0 Å². The zero-order valence-electron chi connectivity index (χ0n) is 14.3. The smallest absolute Gasteiger partial charge is 0.261 e. The lowest BCUT2D eigenvalue weighted by Crippen LogP contribution is -2.18. The second-order valence-corrected chi connectivity index (χ2v) is 7.77. The second-order valence-electron chi connectivity index (χ2n) is 6.09. The Balaban J connectivity index is 2.20. The molecule has 0 radical (unpaired) electrons. The van der Waals surface area contributed by atoms with Crippen LogP contribution in [0.1, 0.15) is 25.0 Å². The lowest BCUT2D eigenvalue weighted by Gasteiger charge is -2.13. The number of rotatable bonds is 5. The zero-order valence-corrected chi connectivity index (χ0v) is 15.1. The van der Waals surface area contributed by atoms with Crippen molar-refractivity contribution in [2.75, 3.05) is 10.0 Å². The molecule has 1 amide bonds. The number of aryl methyl sites for hydroxylation is 2. The van der Waals surface area contributed by atoms with Crippen molar-refractivity contribution in [3.8, 4) is 0 Å². The van der Waals surface area contributed by atoms with Gasteiger partial charge in [-0.05, 0) is 49.7 Å². The van der Waals surface area contributed by atoms with Crippen LogP contribution in [-0.2, 0) is 14.8 Å². The van der Waals surface area contributed by atoms with Crippen molar-refractivity contribution in [1.82, 2.24) is 0 Å². The maximum absolute atomic E-state index is 12.4. The standard InChI is InChI=1S/C18H22N2O3S/c1-12(2)18(21)19-17-10-7-15(11-14(17)4)20-24(22,23)16-8-5-13(3)6-9-16/h5-12,20H,1-4H3,(H,19,21). The summed E-state index contributed by atoms with van der Waals surface area (Å²) < 4.78 is 27.3. The van der Waals surface area contributed by atoms with E-state index in [4.69, 9.17) is 0 Å². The quantitative estimate of drug-likeness (QED) is 0.867. The highest BCUT2D eigenvalue weighted by Crippen LogP contribution is 2.23. The average Bonchev–Trinajstić information content (AvgIpc) is 2.50. The van der Waals surface area contributed by atoms with Gasteiger partial charge in [-0.25, -0.2) is 8.42 Å². The van der Waals surface area contributed by atoms with Gasteiger partial charge in [0.25, 0.3) is 10.0 Å². The molecule has 0 aliphatic heterocycles. The molecule has 24 heavy (non-hydrogen) atoms. The summed E-state index contributed by atoms with van der Waals surface area (Å²) in [5, 5.41) is 2.82. The summed E-state index contributed by atoms with van der Waals surface area (Å²) in [6.07, 6.45) is 0. The molecule has 0 spiro atoms. The fourth-order valence-corrected chi connectivity index (χ4v) is 3.13. The summed E-state index contributed by atoms with van der Waals surface area (Å²) in [4.78, 5) is 12.0. The first-order valence-corrected chi connectivity index (χ1v) is 9.18. The predicted molar refractivity (Wildman–Crippen MR) is 96.6 cm³/mol. The van der Waals surface area contributed by atoms with Gasteiger partial charge in [-0.1, -0.05) is 31.5 Å². The third-order valence-electron chi connectivity index (χ3n) is 3.59. The van der Waals surface area contributed by atoms with Crippen LogP contribution in [0.15, 0.2) is 47.4 Å². The summed E-state index contributed by atoms with van der Waals surface area (Å²) in [6, 6.07) is 11.7. The molecular weight excluding hydrogens is 324 g/mol. The van der Waals surface area contributed by atoms with E-state index in [2.05, 4.69) is 10.0 Å². The van der Waals surface area contributed by atoms with Crippen molar-refractivity contribution in [3.63, 3.8) is 0 Å². The molecule has 2 rings (SSSR count). The van der Waals surface area contributed by atoms with Crippen molar-refractivity contribution >= 4 is 27.3 Å².